The highest BCUT2D eigenvalue weighted by molar-refractivity contribution is 5.96. The SMILES string of the molecule is O=C(NCc1cccc2ncnn12)c1cnc2c(c1)ncn2C1CCCC1. The van der Waals surface area contributed by atoms with E-state index < -0.39 is 0 Å². The second kappa shape index (κ2) is 6.46. The van der Waals surface area contributed by atoms with Crippen LogP contribution in [0.15, 0.2) is 43.1 Å². The van der Waals surface area contributed by atoms with E-state index in [1.54, 1.807) is 16.8 Å². The Morgan fingerprint density at radius 2 is 2.07 bits per heavy atom. The van der Waals surface area contributed by atoms with E-state index in [1.165, 1.54) is 32.0 Å². The van der Waals surface area contributed by atoms with Gasteiger partial charge < -0.3 is 9.88 Å². The second-order valence-electron chi connectivity index (χ2n) is 6.89. The van der Waals surface area contributed by atoms with Gasteiger partial charge in [0.1, 0.15) is 11.8 Å². The van der Waals surface area contributed by atoms with Gasteiger partial charge in [-0.05, 0) is 31.0 Å². The molecule has 1 fully saturated rings. The number of fused-ring (bicyclic) bond motifs is 2. The number of carbonyl (C=O) groups excluding carboxylic acids is 1. The van der Waals surface area contributed by atoms with Gasteiger partial charge in [-0.25, -0.2) is 19.5 Å². The van der Waals surface area contributed by atoms with Crippen molar-refractivity contribution in [3.05, 3.63) is 54.4 Å². The average molecular weight is 361 g/mol. The lowest BCUT2D eigenvalue weighted by Crippen LogP contribution is -2.24. The molecule has 4 heterocycles. The Morgan fingerprint density at radius 3 is 2.96 bits per heavy atom. The molecule has 4 aromatic heterocycles. The first-order chi connectivity index (χ1) is 13.3. The number of aromatic nitrogens is 6. The fourth-order valence-electron chi connectivity index (χ4n) is 3.80. The Labute approximate surface area is 155 Å². The van der Waals surface area contributed by atoms with E-state index in [0.717, 1.165) is 22.5 Å². The maximum atomic E-state index is 12.6. The second-order valence-corrected chi connectivity index (χ2v) is 6.89. The minimum Gasteiger partial charge on any atom is -0.346 e. The molecule has 136 valence electrons. The van der Waals surface area contributed by atoms with Crippen LogP contribution in [0.1, 0.15) is 47.8 Å². The van der Waals surface area contributed by atoms with E-state index >= 15 is 0 Å². The fraction of sp³-hybridized carbons (Fsp3) is 0.316. The Balaban J connectivity index is 1.35. The molecule has 27 heavy (non-hydrogen) atoms. The number of hydrogen-bond acceptors (Lipinski definition) is 5. The molecule has 1 N–H and O–H groups in total. The van der Waals surface area contributed by atoms with Gasteiger partial charge in [0, 0.05) is 12.2 Å². The summed E-state index contributed by atoms with van der Waals surface area (Å²) in [6.07, 6.45) is 9.82. The molecule has 1 saturated carbocycles. The minimum atomic E-state index is -0.183. The molecular weight excluding hydrogens is 342 g/mol. The zero-order valence-corrected chi connectivity index (χ0v) is 14.7. The number of nitrogens with one attached hydrogen (secondary N) is 1. The van der Waals surface area contributed by atoms with Crippen molar-refractivity contribution in [1.29, 1.82) is 0 Å². The van der Waals surface area contributed by atoms with Gasteiger partial charge in [-0.2, -0.15) is 5.10 Å². The van der Waals surface area contributed by atoms with E-state index in [9.17, 15) is 4.79 Å². The van der Waals surface area contributed by atoms with Crippen LogP contribution in [0, 0.1) is 0 Å². The maximum absolute atomic E-state index is 12.6. The number of imidazole rings is 1. The molecule has 0 aliphatic heterocycles. The fourth-order valence-corrected chi connectivity index (χ4v) is 3.80. The van der Waals surface area contributed by atoms with E-state index in [1.807, 2.05) is 24.5 Å². The van der Waals surface area contributed by atoms with Crippen molar-refractivity contribution in [1.82, 2.24) is 34.4 Å². The van der Waals surface area contributed by atoms with Gasteiger partial charge in [0.15, 0.2) is 11.3 Å². The largest absolute Gasteiger partial charge is 0.346 e. The summed E-state index contributed by atoms with van der Waals surface area (Å²) < 4.78 is 3.86. The highest BCUT2D eigenvalue weighted by Crippen LogP contribution is 2.31. The molecule has 0 saturated heterocycles. The molecule has 0 unspecified atom stereocenters. The molecule has 0 atom stereocenters. The average Bonchev–Trinajstić information content (AvgIpc) is 3.45. The normalized spacial score (nSPS) is 15.0. The standard InChI is InChI=1S/C19H19N7O/c27-19(21-10-15-6-3-7-17-22-11-24-26(15)17)13-8-16-18(20-9-13)25(12-23-16)14-4-1-2-5-14/h3,6-9,11-12,14H,1-2,4-5,10H2,(H,21,27). The van der Waals surface area contributed by atoms with Crippen LogP contribution in [-0.4, -0.2) is 35.0 Å². The van der Waals surface area contributed by atoms with Crippen LogP contribution >= 0.6 is 0 Å². The molecule has 1 aliphatic carbocycles. The van der Waals surface area contributed by atoms with Gasteiger partial charge in [-0.1, -0.05) is 18.9 Å². The number of amides is 1. The zero-order chi connectivity index (χ0) is 18.2. The minimum absolute atomic E-state index is 0.183. The van der Waals surface area contributed by atoms with Crippen LogP contribution < -0.4 is 5.32 Å². The molecule has 4 aromatic rings. The van der Waals surface area contributed by atoms with Gasteiger partial charge in [0.2, 0.25) is 0 Å². The predicted octanol–water partition coefficient (Wildman–Crippen LogP) is 2.52. The monoisotopic (exact) mass is 361 g/mol. The number of pyridine rings is 2. The summed E-state index contributed by atoms with van der Waals surface area (Å²) in [7, 11) is 0. The van der Waals surface area contributed by atoms with Crippen molar-refractivity contribution in [3.63, 3.8) is 0 Å². The molecule has 5 rings (SSSR count). The third-order valence-electron chi connectivity index (χ3n) is 5.20. The van der Waals surface area contributed by atoms with Crippen LogP contribution in [0.4, 0.5) is 0 Å². The van der Waals surface area contributed by atoms with Crippen molar-refractivity contribution < 1.29 is 4.79 Å². The summed E-state index contributed by atoms with van der Waals surface area (Å²) in [4.78, 5) is 25.7. The summed E-state index contributed by atoms with van der Waals surface area (Å²) >= 11 is 0. The van der Waals surface area contributed by atoms with E-state index in [0.29, 0.717) is 18.2 Å². The van der Waals surface area contributed by atoms with E-state index in [2.05, 4.69) is 29.9 Å². The first kappa shape index (κ1) is 15.9. The highest BCUT2D eigenvalue weighted by Gasteiger charge is 2.20. The topological polar surface area (TPSA) is 90.0 Å². The van der Waals surface area contributed by atoms with Gasteiger partial charge in [0.05, 0.1) is 24.1 Å². The summed E-state index contributed by atoms with van der Waals surface area (Å²) in [5.74, 6) is -0.183. The molecule has 8 nitrogen and oxygen atoms in total. The van der Waals surface area contributed by atoms with Crippen molar-refractivity contribution in [3.8, 4) is 0 Å². The third-order valence-corrected chi connectivity index (χ3v) is 5.20. The van der Waals surface area contributed by atoms with Crippen LogP contribution in [0.3, 0.4) is 0 Å². The smallest absolute Gasteiger partial charge is 0.253 e. The lowest BCUT2D eigenvalue weighted by molar-refractivity contribution is 0.0950. The molecule has 1 aliphatic rings. The van der Waals surface area contributed by atoms with E-state index in [-0.39, 0.29) is 5.91 Å². The van der Waals surface area contributed by atoms with Gasteiger partial charge in [-0.3, -0.25) is 4.79 Å². The highest BCUT2D eigenvalue weighted by atomic mass is 16.1. The van der Waals surface area contributed by atoms with Crippen LogP contribution in [0.2, 0.25) is 0 Å². The third kappa shape index (κ3) is 2.83. The number of rotatable bonds is 4. The van der Waals surface area contributed by atoms with Crippen molar-refractivity contribution in [2.24, 2.45) is 0 Å². The van der Waals surface area contributed by atoms with Gasteiger partial charge >= 0.3 is 0 Å². The summed E-state index contributed by atoms with van der Waals surface area (Å²) in [6, 6.07) is 7.96. The molecule has 0 bridgehead atoms. The Bertz CT molecular complexity index is 1120. The zero-order valence-electron chi connectivity index (χ0n) is 14.7. The van der Waals surface area contributed by atoms with Crippen LogP contribution in [0.25, 0.3) is 16.8 Å². The van der Waals surface area contributed by atoms with Gasteiger partial charge in [-0.15, -0.1) is 0 Å². The number of hydrogen-bond donors (Lipinski definition) is 1. The Kier molecular flexibility index (Phi) is 3.81. The van der Waals surface area contributed by atoms with E-state index in [4.69, 9.17) is 0 Å². The summed E-state index contributed by atoms with van der Waals surface area (Å²) in [5, 5.41) is 7.10. The van der Waals surface area contributed by atoms with Crippen molar-refractivity contribution in [2.75, 3.05) is 0 Å². The molecule has 0 aromatic carbocycles. The van der Waals surface area contributed by atoms with Crippen molar-refractivity contribution >= 4 is 22.7 Å². The molecule has 8 heteroatoms. The predicted molar refractivity (Wildman–Crippen MR) is 99.2 cm³/mol. The van der Waals surface area contributed by atoms with Crippen molar-refractivity contribution in [2.45, 2.75) is 38.3 Å². The summed E-state index contributed by atoms with van der Waals surface area (Å²) in [5.41, 5.74) is 3.73. The van der Waals surface area contributed by atoms with Gasteiger partial charge in [0.25, 0.3) is 5.91 Å². The Morgan fingerprint density at radius 1 is 1.19 bits per heavy atom. The lowest BCUT2D eigenvalue weighted by Gasteiger charge is -2.11. The van der Waals surface area contributed by atoms with Crippen LogP contribution in [-0.2, 0) is 6.54 Å². The number of nitrogens with zero attached hydrogens (tertiary/aromatic N) is 6. The summed E-state index contributed by atoms with van der Waals surface area (Å²) in [6.45, 7) is 0.355. The molecular formula is C19H19N7O. The molecule has 1 amide bonds. The first-order valence-corrected chi connectivity index (χ1v) is 9.18. The molecule has 0 radical (unpaired) electrons. The molecule has 0 spiro atoms. The quantitative estimate of drug-likeness (QED) is 0.603. The first-order valence-electron chi connectivity index (χ1n) is 9.18. The van der Waals surface area contributed by atoms with Crippen LogP contribution in [0.5, 0.6) is 0 Å². The number of carbonyl (C=O) groups is 1. The lowest BCUT2D eigenvalue weighted by atomic mass is 10.2. The Hall–Kier alpha value is -3.29. The maximum Gasteiger partial charge on any atom is 0.253 e.